The van der Waals surface area contributed by atoms with E-state index in [0.717, 1.165) is 24.4 Å². The van der Waals surface area contributed by atoms with Crippen molar-refractivity contribution < 1.29 is 28.9 Å². The minimum Gasteiger partial charge on any atom is -0.507 e. The lowest BCUT2D eigenvalue weighted by atomic mass is 9.94. The number of fused-ring (bicyclic) bond motifs is 1. The van der Waals surface area contributed by atoms with Crippen LogP contribution in [-0.4, -0.2) is 72.1 Å². The van der Waals surface area contributed by atoms with Gasteiger partial charge in [-0.3, -0.25) is 9.59 Å². The molecular formula is C31H38N2O6. The van der Waals surface area contributed by atoms with Gasteiger partial charge in [-0.05, 0) is 68.4 Å². The van der Waals surface area contributed by atoms with E-state index in [1.807, 2.05) is 26.0 Å². The monoisotopic (exact) mass is 534 g/mol. The molecular weight excluding hydrogens is 496 g/mol. The molecule has 2 aromatic carbocycles. The van der Waals surface area contributed by atoms with Gasteiger partial charge in [0, 0.05) is 25.1 Å². The number of ether oxygens (including phenoxy) is 3. The lowest BCUT2D eigenvalue weighted by Gasteiger charge is -2.28. The number of aliphatic hydroxyl groups excluding tert-OH is 1. The van der Waals surface area contributed by atoms with Gasteiger partial charge in [0.1, 0.15) is 24.2 Å². The van der Waals surface area contributed by atoms with Crippen molar-refractivity contribution in [3.63, 3.8) is 0 Å². The molecule has 2 atom stereocenters. The van der Waals surface area contributed by atoms with E-state index < -0.39 is 17.7 Å². The van der Waals surface area contributed by atoms with Crippen LogP contribution >= 0.6 is 0 Å². The molecule has 4 rings (SSSR count). The highest BCUT2D eigenvalue weighted by Gasteiger charge is 2.46. The minimum absolute atomic E-state index is 0.0434. The number of likely N-dealkylation sites (N-methyl/N-ethyl adjacent to an activating group) is 1. The van der Waals surface area contributed by atoms with Gasteiger partial charge in [0.2, 0.25) is 0 Å². The summed E-state index contributed by atoms with van der Waals surface area (Å²) in [6.45, 7) is 15.0. The number of carbonyl (C=O) groups excluding carboxylic acids is 2. The van der Waals surface area contributed by atoms with E-state index >= 15 is 0 Å². The average molecular weight is 535 g/mol. The smallest absolute Gasteiger partial charge is 0.295 e. The number of Topliss-reactive ketones (excluding diaryl/α,β-unsaturated/α-hetero) is 1. The van der Waals surface area contributed by atoms with E-state index in [2.05, 4.69) is 25.3 Å². The van der Waals surface area contributed by atoms with E-state index in [1.54, 1.807) is 35.2 Å². The standard InChI is InChI=1S/C31H38N2O6/c1-6-16-38-25-13-10-21(19-26(25)37-9-4)28-27(30(35)31(36)33(28)15-14-32(7-2)8-3)29(34)22-11-12-24-23(18-22)17-20(5)39-24/h6,10-13,18-20,28,34H,1,7-9,14-17H2,2-5H3/b29-27+/t20-,28-/m0/s1. The van der Waals surface area contributed by atoms with Crippen LogP contribution in [0.2, 0.25) is 0 Å². The first kappa shape index (κ1) is 28.2. The van der Waals surface area contributed by atoms with Crippen molar-refractivity contribution >= 4 is 17.4 Å². The topological polar surface area (TPSA) is 88.5 Å². The first-order chi connectivity index (χ1) is 18.8. The van der Waals surface area contributed by atoms with Gasteiger partial charge in [0.15, 0.2) is 11.5 Å². The van der Waals surface area contributed by atoms with Gasteiger partial charge >= 0.3 is 0 Å². The molecule has 2 aliphatic rings. The van der Waals surface area contributed by atoms with Crippen LogP contribution in [0, 0.1) is 0 Å². The van der Waals surface area contributed by atoms with E-state index in [0.29, 0.717) is 55.4 Å². The van der Waals surface area contributed by atoms with Gasteiger partial charge in [-0.25, -0.2) is 0 Å². The fourth-order valence-corrected chi connectivity index (χ4v) is 5.20. The summed E-state index contributed by atoms with van der Waals surface area (Å²) in [6, 6.07) is 9.95. The number of carbonyl (C=O) groups is 2. The van der Waals surface area contributed by atoms with Crippen LogP contribution < -0.4 is 14.2 Å². The second-order valence-electron chi connectivity index (χ2n) is 9.71. The van der Waals surface area contributed by atoms with Crippen LogP contribution in [-0.2, 0) is 16.0 Å². The number of benzene rings is 2. The molecule has 2 aromatic rings. The first-order valence-electron chi connectivity index (χ1n) is 13.6. The molecule has 0 aromatic heterocycles. The minimum atomic E-state index is -0.781. The molecule has 0 bridgehead atoms. The fraction of sp³-hybridized carbons (Fsp3) is 0.419. The second-order valence-corrected chi connectivity index (χ2v) is 9.71. The molecule has 39 heavy (non-hydrogen) atoms. The van der Waals surface area contributed by atoms with Crippen LogP contribution in [0.1, 0.15) is 50.4 Å². The summed E-state index contributed by atoms with van der Waals surface area (Å²) >= 11 is 0. The molecule has 1 N–H and O–H groups in total. The van der Waals surface area contributed by atoms with Crippen LogP contribution in [0.4, 0.5) is 0 Å². The Morgan fingerprint density at radius 3 is 2.59 bits per heavy atom. The second kappa shape index (κ2) is 12.4. The number of aliphatic hydroxyl groups is 1. The Hall–Kier alpha value is -3.78. The van der Waals surface area contributed by atoms with Gasteiger partial charge < -0.3 is 29.1 Å². The molecule has 0 saturated carbocycles. The third kappa shape index (κ3) is 5.81. The molecule has 208 valence electrons. The number of nitrogens with zero attached hydrogens (tertiary/aromatic N) is 2. The third-order valence-electron chi connectivity index (χ3n) is 7.20. The van der Waals surface area contributed by atoms with Gasteiger partial charge in [-0.1, -0.05) is 32.6 Å². The van der Waals surface area contributed by atoms with Crippen molar-refractivity contribution in [2.45, 2.75) is 46.3 Å². The van der Waals surface area contributed by atoms with Crippen LogP contribution in [0.5, 0.6) is 17.2 Å². The zero-order chi connectivity index (χ0) is 28.1. The molecule has 8 nitrogen and oxygen atoms in total. The van der Waals surface area contributed by atoms with E-state index in [9.17, 15) is 14.7 Å². The Labute approximate surface area is 230 Å². The van der Waals surface area contributed by atoms with E-state index in [-0.39, 0.29) is 17.4 Å². The van der Waals surface area contributed by atoms with Crippen molar-refractivity contribution in [3.8, 4) is 17.2 Å². The molecule has 1 amide bonds. The number of hydrogen-bond donors (Lipinski definition) is 1. The summed E-state index contributed by atoms with van der Waals surface area (Å²) in [6.07, 6.45) is 2.40. The Morgan fingerprint density at radius 1 is 1.13 bits per heavy atom. The number of ketones is 1. The van der Waals surface area contributed by atoms with Gasteiger partial charge in [-0.2, -0.15) is 0 Å². The van der Waals surface area contributed by atoms with Crippen LogP contribution in [0.15, 0.2) is 54.6 Å². The number of amides is 1. The summed E-state index contributed by atoms with van der Waals surface area (Å²) < 4.78 is 17.4. The molecule has 0 radical (unpaired) electrons. The van der Waals surface area contributed by atoms with E-state index in [1.165, 1.54) is 0 Å². The summed E-state index contributed by atoms with van der Waals surface area (Å²) in [5.74, 6) is 0.273. The van der Waals surface area contributed by atoms with Crippen molar-refractivity contribution in [2.24, 2.45) is 0 Å². The molecule has 2 heterocycles. The number of likely N-dealkylation sites (tertiary alicyclic amines) is 1. The third-order valence-corrected chi connectivity index (χ3v) is 7.20. The lowest BCUT2D eigenvalue weighted by molar-refractivity contribution is -0.140. The van der Waals surface area contributed by atoms with E-state index in [4.69, 9.17) is 14.2 Å². The predicted molar refractivity (Wildman–Crippen MR) is 150 cm³/mol. The van der Waals surface area contributed by atoms with Crippen LogP contribution in [0.25, 0.3) is 5.76 Å². The normalized spacial score (nSPS) is 19.8. The summed E-state index contributed by atoms with van der Waals surface area (Å²) in [5.41, 5.74) is 2.16. The van der Waals surface area contributed by atoms with Gasteiger partial charge in [0.05, 0.1) is 18.2 Å². The summed E-state index contributed by atoms with van der Waals surface area (Å²) in [5, 5.41) is 11.5. The Morgan fingerprint density at radius 2 is 1.90 bits per heavy atom. The average Bonchev–Trinajstić information content (AvgIpc) is 3.43. The zero-order valence-corrected chi connectivity index (χ0v) is 23.2. The van der Waals surface area contributed by atoms with Gasteiger partial charge in [0.25, 0.3) is 11.7 Å². The van der Waals surface area contributed by atoms with Gasteiger partial charge in [-0.15, -0.1) is 0 Å². The molecule has 1 fully saturated rings. The molecule has 1 saturated heterocycles. The highest BCUT2D eigenvalue weighted by atomic mass is 16.5. The molecule has 0 spiro atoms. The largest absolute Gasteiger partial charge is 0.507 e. The quantitative estimate of drug-likeness (QED) is 0.182. The van der Waals surface area contributed by atoms with Crippen molar-refractivity contribution in [3.05, 3.63) is 71.3 Å². The van der Waals surface area contributed by atoms with Crippen molar-refractivity contribution in [1.82, 2.24) is 9.80 Å². The van der Waals surface area contributed by atoms with Crippen molar-refractivity contribution in [2.75, 3.05) is 39.4 Å². The predicted octanol–water partition coefficient (Wildman–Crippen LogP) is 4.74. The Kier molecular flexibility index (Phi) is 8.97. The van der Waals surface area contributed by atoms with Crippen molar-refractivity contribution in [1.29, 1.82) is 0 Å². The summed E-state index contributed by atoms with van der Waals surface area (Å²) in [7, 11) is 0. The lowest BCUT2D eigenvalue weighted by Crippen LogP contribution is -2.38. The first-order valence-corrected chi connectivity index (χ1v) is 13.6. The zero-order valence-electron chi connectivity index (χ0n) is 23.2. The maximum Gasteiger partial charge on any atom is 0.295 e. The Bertz CT molecular complexity index is 1270. The molecule has 2 aliphatic heterocycles. The molecule has 0 unspecified atom stereocenters. The number of hydrogen-bond acceptors (Lipinski definition) is 7. The highest BCUT2D eigenvalue weighted by Crippen LogP contribution is 2.42. The maximum absolute atomic E-state index is 13.5. The highest BCUT2D eigenvalue weighted by molar-refractivity contribution is 6.46. The fourth-order valence-electron chi connectivity index (χ4n) is 5.20. The molecule has 8 heteroatoms. The number of rotatable bonds is 12. The molecule has 0 aliphatic carbocycles. The summed E-state index contributed by atoms with van der Waals surface area (Å²) in [4.78, 5) is 30.6. The Balaban J connectivity index is 1.82. The maximum atomic E-state index is 13.5. The van der Waals surface area contributed by atoms with Crippen LogP contribution in [0.3, 0.4) is 0 Å². The SMILES string of the molecule is C=CCOc1ccc([C@H]2/C(=C(\O)c3ccc4c(c3)C[C@H](C)O4)C(=O)C(=O)N2CCN(CC)CC)cc1OCC.